The zero-order valence-electron chi connectivity index (χ0n) is 9.48. The number of hydrogen-bond acceptors (Lipinski definition) is 1. The van der Waals surface area contributed by atoms with Gasteiger partial charge >= 0.3 is 0 Å². The van der Waals surface area contributed by atoms with Crippen LogP contribution >= 0.6 is 0 Å². The molecule has 0 amide bonds. The van der Waals surface area contributed by atoms with Crippen LogP contribution in [0.15, 0.2) is 0 Å². The molecule has 3 atom stereocenters. The van der Waals surface area contributed by atoms with Crippen molar-refractivity contribution in [1.82, 2.24) is 5.32 Å². The minimum Gasteiger partial charge on any atom is -0.314 e. The number of hydrogen-bond donors (Lipinski definition) is 1. The molecular formula is C12H23N. The normalized spacial score (nSPS) is 47.1. The maximum atomic E-state index is 3.67. The second-order valence-electron chi connectivity index (χ2n) is 5.72. The molecule has 0 aromatic carbocycles. The Morgan fingerprint density at radius 3 is 2.38 bits per heavy atom. The number of rotatable bonds is 2. The van der Waals surface area contributed by atoms with Gasteiger partial charge in [-0.05, 0) is 42.6 Å². The topological polar surface area (TPSA) is 12.0 Å². The molecule has 76 valence electrons. The van der Waals surface area contributed by atoms with Crippen LogP contribution in [0.25, 0.3) is 0 Å². The highest BCUT2D eigenvalue weighted by Crippen LogP contribution is 2.65. The Labute approximate surface area is 82.3 Å². The fourth-order valence-electron chi connectivity index (χ4n) is 3.76. The summed E-state index contributed by atoms with van der Waals surface area (Å²) < 4.78 is 0. The Hall–Kier alpha value is -0.0400. The van der Waals surface area contributed by atoms with Crippen LogP contribution in [-0.4, -0.2) is 12.6 Å². The van der Waals surface area contributed by atoms with Gasteiger partial charge in [0.15, 0.2) is 0 Å². The molecular weight excluding hydrogens is 158 g/mol. The molecule has 2 aliphatic rings. The molecule has 0 heterocycles. The van der Waals surface area contributed by atoms with Gasteiger partial charge in [-0.1, -0.05) is 27.7 Å². The summed E-state index contributed by atoms with van der Waals surface area (Å²) in [7, 11) is 0. The van der Waals surface area contributed by atoms with E-state index in [9.17, 15) is 0 Å². The monoisotopic (exact) mass is 181 g/mol. The van der Waals surface area contributed by atoms with E-state index < -0.39 is 0 Å². The lowest BCUT2D eigenvalue weighted by molar-refractivity contribution is 0.122. The lowest BCUT2D eigenvalue weighted by Gasteiger charge is -2.39. The zero-order chi connectivity index (χ0) is 9.69. The third kappa shape index (κ3) is 1.03. The van der Waals surface area contributed by atoms with E-state index in [1.165, 1.54) is 19.3 Å². The molecule has 0 saturated heterocycles. The van der Waals surface area contributed by atoms with Crippen molar-refractivity contribution in [1.29, 1.82) is 0 Å². The van der Waals surface area contributed by atoms with Crippen LogP contribution in [0.1, 0.15) is 47.0 Å². The van der Waals surface area contributed by atoms with Gasteiger partial charge < -0.3 is 5.32 Å². The van der Waals surface area contributed by atoms with Gasteiger partial charge in [0, 0.05) is 6.04 Å². The molecule has 3 unspecified atom stereocenters. The third-order valence-corrected chi connectivity index (χ3v) is 5.24. The minimum absolute atomic E-state index is 0.563. The fourth-order valence-corrected chi connectivity index (χ4v) is 3.76. The van der Waals surface area contributed by atoms with E-state index >= 15 is 0 Å². The lowest BCUT2D eigenvalue weighted by Crippen LogP contribution is -2.44. The van der Waals surface area contributed by atoms with E-state index in [1.807, 2.05) is 0 Å². The highest BCUT2D eigenvalue weighted by Gasteiger charge is 2.60. The molecule has 1 heteroatoms. The molecule has 2 saturated carbocycles. The van der Waals surface area contributed by atoms with Gasteiger partial charge in [-0.25, -0.2) is 0 Å². The number of nitrogens with one attached hydrogen (secondary N) is 1. The summed E-state index contributed by atoms with van der Waals surface area (Å²) in [4.78, 5) is 0. The largest absolute Gasteiger partial charge is 0.314 e. The molecule has 2 rings (SSSR count). The Morgan fingerprint density at radius 1 is 1.31 bits per heavy atom. The van der Waals surface area contributed by atoms with Crippen molar-refractivity contribution in [2.24, 2.45) is 16.7 Å². The molecule has 0 radical (unpaired) electrons. The van der Waals surface area contributed by atoms with Crippen LogP contribution in [0, 0.1) is 16.7 Å². The molecule has 1 N–H and O–H groups in total. The van der Waals surface area contributed by atoms with Crippen LogP contribution in [0.3, 0.4) is 0 Å². The van der Waals surface area contributed by atoms with Gasteiger partial charge in [0.25, 0.3) is 0 Å². The summed E-state index contributed by atoms with van der Waals surface area (Å²) in [6.45, 7) is 10.8. The maximum absolute atomic E-state index is 3.67. The molecule has 0 aromatic heterocycles. The molecule has 2 bridgehead atoms. The van der Waals surface area contributed by atoms with Crippen molar-refractivity contribution < 1.29 is 0 Å². The predicted octanol–water partition coefficient (Wildman–Crippen LogP) is 2.81. The van der Waals surface area contributed by atoms with Crippen LogP contribution in [0.4, 0.5) is 0 Å². The average molecular weight is 181 g/mol. The molecule has 2 aliphatic carbocycles. The average Bonchev–Trinajstić information content (AvgIpc) is 2.37. The van der Waals surface area contributed by atoms with E-state index in [1.54, 1.807) is 0 Å². The van der Waals surface area contributed by atoms with Gasteiger partial charge in [-0.3, -0.25) is 0 Å². The lowest BCUT2D eigenvalue weighted by atomic mass is 9.69. The zero-order valence-corrected chi connectivity index (χ0v) is 9.48. The summed E-state index contributed by atoms with van der Waals surface area (Å²) in [5, 5.41) is 3.67. The quantitative estimate of drug-likeness (QED) is 0.690. The van der Waals surface area contributed by atoms with Crippen LogP contribution in [0.5, 0.6) is 0 Å². The Balaban J connectivity index is 2.22. The Bertz CT molecular complexity index is 209. The smallest absolute Gasteiger partial charge is 0.0129 e. The standard InChI is InChI=1S/C12H23N/c1-5-13-10-8-9-6-7-12(10,4)11(9,2)3/h9-10,13H,5-8H2,1-4H3. The van der Waals surface area contributed by atoms with E-state index in [0.717, 1.165) is 18.5 Å². The van der Waals surface area contributed by atoms with Crippen molar-refractivity contribution in [2.75, 3.05) is 6.54 Å². The highest BCUT2D eigenvalue weighted by atomic mass is 15.0. The second kappa shape index (κ2) is 2.73. The highest BCUT2D eigenvalue weighted by molar-refractivity contribution is 5.12. The SMILES string of the molecule is CCNC1CC2CCC1(C)C2(C)C. The van der Waals surface area contributed by atoms with Crippen LogP contribution in [-0.2, 0) is 0 Å². The molecule has 0 aromatic rings. The van der Waals surface area contributed by atoms with Crippen molar-refractivity contribution in [3.8, 4) is 0 Å². The van der Waals surface area contributed by atoms with Gasteiger partial charge in [0.2, 0.25) is 0 Å². The minimum atomic E-state index is 0.563. The van der Waals surface area contributed by atoms with E-state index in [-0.39, 0.29) is 0 Å². The van der Waals surface area contributed by atoms with E-state index in [0.29, 0.717) is 10.8 Å². The van der Waals surface area contributed by atoms with E-state index in [2.05, 4.69) is 33.0 Å². The molecule has 1 nitrogen and oxygen atoms in total. The first-order valence-electron chi connectivity index (χ1n) is 5.75. The van der Waals surface area contributed by atoms with Crippen LogP contribution in [0.2, 0.25) is 0 Å². The fraction of sp³-hybridized carbons (Fsp3) is 1.00. The molecule has 0 aliphatic heterocycles. The summed E-state index contributed by atoms with van der Waals surface area (Å²) in [5.74, 6) is 0.974. The van der Waals surface area contributed by atoms with Gasteiger partial charge in [0.1, 0.15) is 0 Å². The van der Waals surface area contributed by atoms with Gasteiger partial charge in [-0.15, -0.1) is 0 Å². The van der Waals surface area contributed by atoms with Crippen molar-refractivity contribution in [3.05, 3.63) is 0 Å². The third-order valence-electron chi connectivity index (χ3n) is 5.24. The summed E-state index contributed by atoms with van der Waals surface area (Å²) in [6.07, 6.45) is 4.31. The molecule has 0 spiro atoms. The molecule has 13 heavy (non-hydrogen) atoms. The first kappa shape index (κ1) is 9.51. The summed E-state index contributed by atoms with van der Waals surface area (Å²) in [5.41, 5.74) is 1.13. The first-order valence-corrected chi connectivity index (χ1v) is 5.75. The summed E-state index contributed by atoms with van der Waals surface area (Å²) >= 11 is 0. The van der Waals surface area contributed by atoms with Crippen LogP contribution < -0.4 is 5.32 Å². The second-order valence-corrected chi connectivity index (χ2v) is 5.72. The van der Waals surface area contributed by atoms with Crippen molar-refractivity contribution in [3.63, 3.8) is 0 Å². The van der Waals surface area contributed by atoms with Gasteiger partial charge in [-0.2, -0.15) is 0 Å². The Kier molecular flexibility index (Phi) is 1.99. The van der Waals surface area contributed by atoms with E-state index in [4.69, 9.17) is 0 Å². The maximum Gasteiger partial charge on any atom is 0.0129 e. The predicted molar refractivity (Wildman–Crippen MR) is 56.7 cm³/mol. The van der Waals surface area contributed by atoms with Crippen molar-refractivity contribution >= 4 is 0 Å². The van der Waals surface area contributed by atoms with Crippen molar-refractivity contribution in [2.45, 2.75) is 53.0 Å². The summed E-state index contributed by atoms with van der Waals surface area (Å²) in [6, 6.07) is 0.784. The first-order chi connectivity index (χ1) is 6.02. The molecule has 2 fully saturated rings. The van der Waals surface area contributed by atoms with Gasteiger partial charge in [0.05, 0.1) is 0 Å². The number of fused-ring (bicyclic) bond motifs is 2. The Morgan fingerprint density at radius 2 is 2.00 bits per heavy atom.